The zero-order valence-electron chi connectivity index (χ0n) is 10.5. The molecule has 0 bridgehead atoms. The number of hydrogen-bond acceptors (Lipinski definition) is 3. The van der Waals surface area contributed by atoms with Crippen LogP contribution in [0.1, 0.15) is 25.3 Å². The average Bonchev–Trinajstić information content (AvgIpc) is 2.28. The number of carboxylic acids is 1. The van der Waals surface area contributed by atoms with E-state index in [-0.39, 0.29) is 18.6 Å². The van der Waals surface area contributed by atoms with E-state index in [1.807, 2.05) is 0 Å². The van der Waals surface area contributed by atoms with E-state index >= 15 is 0 Å². The molecule has 7 heteroatoms. The van der Waals surface area contributed by atoms with Crippen LogP contribution in [0.3, 0.4) is 0 Å². The summed E-state index contributed by atoms with van der Waals surface area (Å²) in [5.74, 6) is -1.65. The molecule has 1 aromatic rings. The van der Waals surface area contributed by atoms with E-state index in [1.165, 1.54) is 24.3 Å². The molecule has 2 N–H and O–H groups in total. The van der Waals surface area contributed by atoms with Gasteiger partial charge in [-0.15, -0.1) is 0 Å². The zero-order chi connectivity index (χ0) is 14.5. The minimum absolute atomic E-state index is 0.0970. The summed E-state index contributed by atoms with van der Waals surface area (Å²) in [6, 6.07) is 4.73. The molecule has 0 heterocycles. The minimum atomic E-state index is -3.56. The highest BCUT2D eigenvalue weighted by Gasteiger charge is 2.16. The van der Waals surface area contributed by atoms with Gasteiger partial charge in [0.15, 0.2) is 0 Å². The molecule has 106 valence electrons. The topological polar surface area (TPSA) is 83.5 Å². The lowest BCUT2D eigenvalue weighted by atomic mass is 10.2. The van der Waals surface area contributed by atoms with Gasteiger partial charge in [-0.05, 0) is 31.0 Å². The van der Waals surface area contributed by atoms with Crippen LogP contribution in [0.5, 0.6) is 0 Å². The van der Waals surface area contributed by atoms with Crippen LogP contribution in [0, 0.1) is 5.82 Å². The number of aliphatic carboxylic acids is 1. The van der Waals surface area contributed by atoms with E-state index in [4.69, 9.17) is 5.11 Å². The number of halogens is 1. The Morgan fingerprint density at radius 3 is 2.47 bits per heavy atom. The van der Waals surface area contributed by atoms with Crippen molar-refractivity contribution < 1.29 is 22.7 Å². The van der Waals surface area contributed by atoms with Gasteiger partial charge in [-0.3, -0.25) is 4.79 Å². The van der Waals surface area contributed by atoms with Crippen molar-refractivity contribution >= 4 is 16.0 Å². The normalized spacial score (nSPS) is 13.2. The molecule has 0 aliphatic rings. The molecule has 0 amide bonds. The SMILES string of the molecule is CC(CCC(=O)O)NS(=O)(=O)Cc1ccc(F)cc1. The van der Waals surface area contributed by atoms with Crippen molar-refractivity contribution in [3.8, 4) is 0 Å². The fourth-order valence-electron chi connectivity index (χ4n) is 1.55. The van der Waals surface area contributed by atoms with E-state index in [9.17, 15) is 17.6 Å². The zero-order valence-corrected chi connectivity index (χ0v) is 11.3. The standard InChI is InChI=1S/C12H16FNO4S/c1-9(2-7-12(15)16)14-19(17,18)8-10-3-5-11(13)6-4-10/h3-6,9,14H,2,7-8H2,1H3,(H,15,16). The molecule has 0 aliphatic heterocycles. The number of hydrogen-bond donors (Lipinski definition) is 2. The average molecular weight is 289 g/mol. The van der Waals surface area contributed by atoms with Gasteiger partial charge in [-0.2, -0.15) is 0 Å². The maximum atomic E-state index is 12.7. The molecule has 0 aromatic heterocycles. The number of carbonyl (C=O) groups is 1. The second-order valence-corrected chi connectivity index (χ2v) is 6.09. The van der Waals surface area contributed by atoms with Gasteiger partial charge in [-0.25, -0.2) is 17.5 Å². The molecule has 5 nitrogen and oxygen atoms in total. The molecule has 0 radical (unpaired) electrons. The van der Waals surface area contributed by atoms with Crippen LogP contribution in [0.2, 0.25) is 0 Å². The Hall–Kier alpha value is -1.47. The first-order valence-corrected chi connectivity index (χ1v) is 7.40. The van der Waals surface area contributed by atoms with Gasteiger partial charge < -0.3 is 5.11 Å². The number of benzene rings is 1. The Balaban J connectivity index is 2.56. The number of nitrogens with one attached hydrogen (secondary N) is 1. The molecular formula is C12H16FNO4S. The molecule has 1 atom stereocenters. The smallest absolute Gasteiger partial charge is 0.303 e. The van der Waals surface area contributed by atoms with Crippen molar-refractivity contribution in [2.75, 3.05) is 0 Å². The summed E-state index contributed by atoms with van der Waals surface area (Å²) >= 11 is 0. The van der Waals surface area contributed by atoms with Crippen LogP contribution in [0.25, 0.3) is 0 Å². The summed E-state index contributed by atoms with van der Waals surface area (Å²) in [7, 11) is -3.56. The van der Waals surface area contributed by atoms with Crippen molar-refractivity contribution in [2.45, 2.75) is 31.6 Å². The fraction of sp³-hybridized carbons (Fsp3) is 0.417. The second-order valence-electron chi connectivity index (χ2n) is 4.34. The molecule has 0 saturated heterocycles. The van der Waals surface area contributed by atoms with E-state index < -0.39 is 27.9 Å². The Morgan fingerprint density at radius 2 is 1.95 bits per heavy atom. The van der Waals surface area contributed by atoms with Crippen LogP contribution in [0.4, 0.5) is 4.39 Å². The minimum Gasteiger partial charge on any atom is -0.481 e. The van der Waals surface area contributed by atoms with Crippen LogP contribution >= 0.6 is 0 Å². The number of carboxylic acid groups (broad SMARTS) is 1. The molecular weight excluding hydrogens is 273 g/mol. The van der Waals surface area contributed by atoms with E-state index in [0.717, 1.165) is 0 Å². The van der Waals surface area contributed by atoms with Crippen LogP contribution in [0.15, 0.2) is 24.3 Å². The van der Waals surface area contributed by atoms with E-state index in [2.05, 4.69) is 4.72 Å². The first-order valence-electron chi connectivity index (χ1n) is 5.75. The number of rotatable bonds is 7. The van der Waals surface area contributed by atoms with E-state index in [1.54, 1.807) is 6.92 Å². The third-order valence-corrected chi connectivity index (χ3v) is 3.92. The van der Waals surface area contributed by atoms with Crippen molar-refractivity contribution in [2.24, 2.45) is 0 Å². The van der Waals surface area contributed by atoms with Gasteiger partial charge in [0.1, 0.15) is 5.82 Å². The summed E-state index contributed by atoms with van der Waals surface area (Å²) < 4.78 is 38.7. The highest BCUT2D eigenvalue weighted by atomic mass is 32.2. The predicted molar refractivity (Wildman–Crippen MR) is 68.5 cm³/mol. The van der Waals surface area contributed by atoms with Crippen molar-refractivity contribution in [1.29, 1.82) is 0 Å². The van der Waals surface area contributed by atoms with Gasteiger partial charge in [0.05, 0.1) is 5.75 Å². The van der Waals surface area contributed by atoms with Gasteiger partial charge in [0, 0.05) is 12.5 Å². The fourth-order valence-corrected chi connectivity index (χ4v) is 2.99. The first kappa shape index (κ1) is 15.6. The predicted octanol–water partition coefficient (Wildman–Crippen LogP) is 1.50. The van der Waals surface area contributed by atoms with Gasteiger partial charge >= 0.3 is 5.97 Å². The third kappa shape index (κ3) is 6.30. The van der Waals surface area contributed by atoms with Crippen molar-refractivity contribution in [3.05, 3.63) is 35.6 Å². The summed E-state index contributed by atoms with van der Waals surface area (Å²) in [6.07, 6.45) is 0.123. The molecule has 1 unspecified atom stereocenters. The molecule has 1 aromatic carbocycles. The quantitative estimate of drug-likeness (QED) is 0.796. The summed E-state index contributed by atoms with van der Waals surface area (Å²) in [5.41, 5.74) is 0.472. The van der Waals surface area contributed by atoms with Crippen LogP contribution < -0.4 is 4.72 Å². The molecule has 0 saturated carbocycles. The molecule has 1 rings (SSSR count). The Morgan fingerprint density at radius 1 is 1.37 bits per heavy atom. The lowest BCUT2D eigenvalue weighted by Crippen LogP contribution is -2.33. The van der Waals surface area contributed by atoms with Crippen molar-refractivity contribution in [1.82, 2.24) is 4.72 Å². The number of sulfonamides is 1. The molecule has 0 fully saturated rings. The van der Waals surface area contributed by atoms with Gasteiger partial charge in [-0.1, -0.05) is 12.1 Å². The van der Waals surface area contributed by atoms with Crippen LogP contribution in [-0.4, -0.2) is 25.5 Å². The van der Waals surface area contributed by atoms with Crippen LogP contribution in [-0.2, 0) is 20.6 Å². The maximum absolute atomic E-state index is 12.7. The summed E-state index contributed by atoms with van der Waals surface area (Å²) in [6.45, 7) is 1.60. The highest BCUT2D eigenvalue weighted by Crippen LogP contribution is 2.08. The second kappa shape index (κ2) is 6.63. The van der Waals surface area contributed by atoms with Gasteiger partial charge in [0.2, 0.25) is 10.0 Å². The molecule has 19 heavy (non-hydrogen) atoms. The van der Waals surface area contributed by atoms with Crippen molar-refractivity contribution in [3.63, 3.8) is 0 Å². The Labute approximate surface area is 111 Å². The monoisotopic (exact) mass is 289 g/mol. The molecule has 0 aliphatic carbocycles. The largest absolute Gasteiger partial charge is 0.481 e. The maximum Gasteiger partial charge on any atom is 0.303 e. The Kier molecular flexibility index (Phi) is 5.44. The third-order valence-electron chi connectivity index (χ3n) is 2.44. The van der Waals surface area contributed by atoms with Gasteiger partial charge in [0.25, 0.3) is 0 Å². The lowest BCUT2D eigenvalue weighted by molar-refractivity contribution is -0.137. The first-order chi connectivity index (χ1) is 8.78. The molecule has 0 spiro atoms. The summed E-state index contributed by atoms with van der Waals surface area (Å²) in [4.78, 5) is 10.4. The highest BCUT2D eigenvalue weighted by molar-refractivity contribution is 7.88. The van der Waals surface area contributed by atoms with E-state index in [0.29, 0.717) is 5.56 Å². The lowest BCUT2D eigenvalue weighted by Gasteiger charge is -2.13. The Bertz CT molecular complexity index is 527. The summed E-state index contributed by atoms with van der Waals surface area (Å²) in [5, 5.41) is 8.51.